The van der Waals surface area contributed by atoms with Crippen LogP contribution in [0.3, 0.4) is 0 Å². The van der Waals surface area contributed by atoms with Crippen molar-refractivity contribution < 1.29 is 22.8 Å². The average molecular weight is 428 g/mol. The van der Waals surface area contributed by atoms with E-state index in [-0.39, 0.29) is 24.1 Å². The van der Waals surface area contributed by atoms with Gasteiger partial charge < -0.3 is 10.2 Å². The molecule has 3 amide bonds. The van der Waals surface area contributed by atoms with Crippen LogP contribution in [0.15, 0.2) is 59.3 Å². The lowest BCUT2D eigenvalue weighted by molar-refractivity contribution is -0.137. The summed E-state index contributed by atoms with van der Waals surface area (Å²) in [5, 5.41) is 11.8. The smallest absolute Gasteiger partial charge is 0.333 e. The molecular formula is C22H19F3N4O2. The van der Waals surface area contributed by atoms with Gasteiger partial charge in [-0.3, -0.25) is 9.69 Å². The average Bonchev–Trinajstić information content (AvgIpc) is 3.09. The van der Waals surface area contributed by atoms with E-state index < -0.39 is 23.8 Å². The lowest BCUT2D eigenvalue weighted by Crippen LogP contribution is -2.54. The molecule has 4 rings (SSSR count). The number of carbonyl (C=O) groups excluding carboxylic acids is 2. The number of rotatable bonds is 3. The summed E-state index contributed by atoms with van der Waals surface area (Å²) in [6.07, 6.45) is 1.09. The van der Waals surface area contributed by atoms with Gasteiger partial charge in [-0.2, -0.15) is 18.4 Å². The van der Waals surface area contributed by atoms with Gasteiger partial charge in [0, 0.05) is 18.0 Å². The fourth-order valence-electron chi connectivity index (χ4n) is 4.17. The quantitative estimate of drug-likeness (QED) is 0.797. The number of allylic oxidation sites excluding steroid dienone is 3. The number of anilines is 1. The van der Waals surface area contributed by atoms with E-state index in [1.54, 1.807) is 30.1 Å². The minimum Gasteiger partial charge on any atom is -0.333 e. The number of carbonyl (C=O) groups is 2. The van der Waals surface area contributed by atoms with Crippen LogP contribution in [-0.4, -0.2) is 36.0 Å². The molecule has 3 aliphatic rings. The van der Waals surface area contributed by atoms with Crippen LogP contribution in [0.1, 0.15) is 18.9 Å². The molecule has 1 aliphatic carbocycles. The second-order valence-corrected chi connectivity index (χ2v) is 7.52. The molecule has 1 aromatic carbocycles. The molecule has 2 aliphatic heterocycles. The van der Waals surface area contributed by atoms with Crippen LogP contribution in [0.25, 0.3) is 0 Å². The number of likely N-dealkylation sites (N-methyl/N-ethyl adjacent to an activating group) is 1. The molecule has 1 N–H and O–H groups in total. The van der Waals surface area contributed by atoms with Crippen molar-refractivity contribution in [2.45, 2.75) is 25.6 Å². The van der Waals surface area contributed by atoms with Gasteiger partial charge in [-0.25, -0.2) is 4.79 Å². The molecule has 0 fully saturated rings. The van der Waals surface area contributed by atoms with Gasteiger partial charge in [-0.05, 0) is 37.6 Å². The van der Waals surface area contributed by atoms with Crippen LogP contribution >= 0.6 is 0 Å². The molecule has 0 radical (unpaired) electrons. The molecular weight excluding hydrogens is 409 g/mol. The maximum Gasteiger partial charge on any atom is 0.416 e. The Morgan fingerprint density at radius 3 is 2.68 bits per heavy atom. The number of nitrogens with zero attached hydrogens (tertiary/aromatic N) is 3. The molecule has 1 unspecified atom stereocenters. The van der Waals surface area contributed by atoms with Gasteiger partial charge in [0.15, 0.2) is 0 Å². The number of nitriles is 1. The molecule has 6 nitrogen and oxygen atoms in total. The van der Waals surface area contributed by atoms with Gasteiger partial charge in [0.25, 0.3) is 5.91 Å². The number of amides is 3. The summed E-state index contributed by atoms with van der Waals surface area (Å²) in [7, 11) is 0. The van der Waals surface area contributed by atoms with Crippen molar-refractivity contribution in [2.24, 2.45) is 5.92 Å². The Morgan fingerprint density at radius 2 is 2.06 bits per heavy atom. The SMILES string of the molecule is CCN1CC2=C(C1=O)[C@@H](C1C=CC(C#N)=CC1)NC(=O)N2c1cccc(C(F)(F)F)c1. The van der Waals surface area contributed by atoms with Crippen LogP contribution in [0.4, 0.5) is 23.7 Å². The van der Waals surface area contributed by atoms with Crippen LogP contribution < -0.4 is 10.2 Å². The first-order valence-electron chi connectivity index (χ1n) is 9.83. The second kappa shape index (κ2) is 7.61. The van der Waals surface area contributed by atoms with Gasteiger partial charge in [0.05, 0.1) is 41.2 Å². The highest BCUT2D eigenvalue weighted by atomic mass is 19.4. The van der Waals surface area contributed by atoms with Crippen molar-refractivity contribution in [3.05, 3.63) is 64.9 Å². The Hall–Kier alpha value is -3.54. The maximum atomic E-state index is 13.2. The Labute approximate surface area is 176 Å². The number of urea groups is 1. The zero-order chi connectivity index (χ0) is 22.3. The van der Waals surface area contributed by atoms with E-state index in [9.17, 15) is 22.8 Å². The topological polar surface area (TPSA) is 76.4 Å². The first-order valence-corrected chi connectivity index (χ1v) is 9.83. The summed E-state index contributed by atoms with van der Waals surface area (Å²) in [5.41, 5.74) is 0.454. The summed E-state index contributed by atoms with van der Waals surface area (Å²) in [6, 6.07) is 5.35. The van der Waals surface area contributed by atoms with Gasteiger partial charge >= 0.3 is 12.2 Å². The standard InChI is InChI=1S/C22H19F3N4O2/c1-2-28-12-17-18(20(28)30)19(14-8-6-13(11-26)7-9-14)27-21(31)29(17)16-5-3-4-15(10-16)22(23,24)25/h3-8,10,14,19H,2,9,12H2,1H3,(H,27,31)/t14?,19-/m1/s1. The Bertz CT molecular complexity index is 1080. The van der Waals surface area contributed by atoms with Crippen molar-refractivity contribution in [3.63, 3.8) is 0 Å². The van der Waals surface area contributed by atoms with Gasteiger partial charge in [-0.1, -0.05) is 18.2 Å². The van der Waals surface area contributed by atoms with E-state index in [1.165, 1.54) is 12.1 Å². The molecule has 31 heavy (non-hydrogen) atoms. The Morgan fingerprint density at radius 1 is 1.29 bits per heavy atom. The van der Waals surface area contributed by atoms with Crippen molar-refractivity contribution in [3.8, 4) is 6.07 Å². The third kappa shape index (κ3) is 3.58. The van der Waals surface area contributed by atoms with Gasteiger partial charge in [0.1, 0.15) is 0 Å². The fraction of sp³-hybridized carbons (Fsp3) is 0.318. The van der Waals surface area contributed by atoms with E-state index in [2.05, 4.69) is 11.4 Å². The molecule has 0 aromatic heterocycles. The minimum atomic E-state index is -4.55. The number of halogens is 3. The van der Waals surface area contributed by atoms with Crippen molar-refractivity contribution in [2.75, 3.05) is 18.0 Å². The first kappa shape index (κ1) is 20.7. The van der Waals surface area contributed by atoms with Crippen molar-refractivity contribution in [1.82, 2.24) is 10.2 Å². The summed E-state index contributed by atoms with van der Waals surface area (Å²) in [4.78, 5) is 28.8. The largest absolute Gasteiger partial charge is 0.416 e. The highest BCUT2D eigenvalue weighted by Crippen LogP contribution is 2.38. The minimum absolute atomic E-state index is 0.0508. The molecule has 0 spiro atoms. The molecule has 160 valence electrons. The third-order valence-corrected chi connectivity index (χ3v) is 5.74. The highest BCUT2D eigenvalue weighted by molar-refractivity contribution is 6.07. The molecule has 2 atom stereocenters. The predicted molar refractivity (Wildman–Crippen MR) is 106 cm³/mol. The highest BCUT2D eigenvalue weighted by Gasteiger charge is 2.46. The Kier molecular flexibility index (Phi) is 5.09. The number of hydrogen-bond acceptors (Lipinski definition) is 3. The second-order valence-electron chi connectivity index (χ2n) is 7.52. The molecule has 0 saturated heterocycles. The summed E-state index contributed by atoms with van der Waals surface area (Å²) >= 11 is 0. The van der Waals surface area contributed by atoms with E-state index in [4.69, 9.17) is 5.26 Å². The molecule has 0 saturated carbocycles. The van der Waals surface area contributed by atoms with E-state index in [1.807, 2.05) is 0 Å². The molecule has 9 heteroatoms. The van der Waals surface area contributed by atoms with Crippen molar-refractivity contribution in [1.29, 1.82) is 5.26 Å². The van der Waals surface area contributed by atoms with Gasteiger partial charge in [0.2, 0.25) is 0 Å². The molecule has 0 bridgehead atoms. The number of benzene rings is 1. The van der Waals surface area contributed by atoms with Crippen LogP contribution in [0, 0.1) is 17.2 Å². The summed E-state index contributed by atoms with van der Waals surface area (Å²) < 4.78 is 39.6. The predicted octanol–water partition coefficient (Wildman–Crippen LogP) is 3.75. The molecule has 1 aromatic rings. The van der Waals surface area contributed by atoms with Crippen LogP contribution in [0.2, 0.25) is 0 Å². The molecule has 2 heterocycles. The summed E-state index contributed by atoms with van der Waals surface area (Å²) in [6.45, 7) is 2.35. The van der Waals surface area contributed by atoms with E-state index in [0.717, 1.165) is 17.0 Å². The van der Waals surface area contributed by atoms with Gasteiger partial charge in [-0.15, -0.1) is 0 Å². The maximum absolute atomic E-state index is 13.2. The zero-order valence-corrected chi connectivity index (χ0v) is 16.6. The van der Waals surface area contributed by atoms with E-state index >= 15 is 0 Å². The lowest BCUT2D eigenvalue weighted by atomic mass is 9.84. The number of alkyl halides is 3. The lowest BCUT2D eigenvalue weighted by Gasteiger charge is -2.36. The number of hydrogen-bond donors (Lipinski definition) is 1. The fourth-order valence-corrected chi connectivity index (χ4v) is 4.17. The van der Waals surface area contributed by atoms with Crippen LogP contribution in [0.5, 0.6) is 0 Å². The normalized spacial score (nSPS) is 23.5. The third-order valence-electron chi connectivity index (χ3n) is 5.74. The van der Waals surface area contributed by atoms with E-state index in [0.29, 0.717) is 29.8 Å². The zero-order valence-electron chi connectivity index (χ0n) is 16.6. The Balaban J connectivity index is 1.77. The van der Waals surface area contributed by atoms with Crippen molar-refractivity contribution >= 4 is 17.6 Å². The summed E-state index contributed by atoms with van der Waals surface area (Å²) in [5.74, 6) is -0.488. The first-order chi connectivity index (χ1) is 14.7. The monoisotopic (exact) mass is 428 g/mol. The number of nitrogens with one attached hydrogen (secondary N) is 1. The van der Waals surface area contributed by atoms with Crippen LogP contribution in [-0.2, 0) is 11.0 Å².